The molecule has 0 aliphatic heterocycles. The molecule has 2 rings (SSSR count). The van der Waals surface area contributed by atoms with Crippen LogP contribution < -0.4 is 9.47 Å². The molecule has 8 nitrogen and oxygen atoms in total. The van der Waals surface area contributed by atoms with Gasteiger partial charge in [-0.3, -0.25) is 4.79 Å². The summed E-state index contributed by atoms with van der Waals surface area (Å²) in [5.74, 6) is -0.562. The Hall–Kier alpha value is -4.33. The number of hydrogen-bond donors (Lipinski definition) is 1. The lowest BCUT2D eigenvalue weighted by molar-refractivity contribution is -0.143. The Kier molecular flexibility index (Phi) is 9.94. The summed E-state index contributed by atoms with van der Waals surface area (Å²) in [6, 6.07) is 13.6. The van der Waals surface area contributed by atoms with Gasteiger partial charge in [-0.2, -0.15) is 0 Å². The smallest absolute Gasteiger partial charge is 0.343 e. The van der Waals surface area contributed by atoms with Gasteiger partial charge in [-0.15, -0.1) is 0 Å². The minimum atomic E-state index is -0.480. The highest BCUT2D eigenvalue weighted by molar-refractivity contribution is 6.02. The molecule has 8 heteroatoms. The van der Waals surface area contributed by atoms with Gasteiger partial charge < -0.3 is 24.1 Å². The molecule has 2 aromatic rings. The van der Waals surface area contributed by atoms with Crippen LogP contribution in [0.4, 0.5) is 0 Å². The molecule has 0 aliphatic carbocycles. The second kappa shape index (κ2) is 13.2. The zero-order valence-electron chi connectivity index (χ0n) is 18.2. The first-order chi connectivity index (χ1) is 15.9. The Labute approximate surface area is 191 Å². The summed E-state index contributed by atoms with van der Waals surface area (Å²) in [4.78, 5) is 34.2. The number of esters is 2. The number of aliphatic hydroxyl groups is 1. The lowest BCUT2D eigenvalue weighted by atomic mass is 10.1. The summed E-state index contributed by atoms with van der Waals surface area (Å²) in [5.41, 5.74) is 1.50. The molecule has 0 amide bonds. The number of carbonyl (C=O) groups is 3. The number of allylic oxidation sites excluding steroid dienone is 3. The average Bonchev–Trinajstić information content (AvgIpc) is 2.84. The van der Waals surface area contributed by atoms with E-state index in [0.717, 1.165) is 17.2 Å². The third kappa shape index (κ3) is 9.56. The van der Waals surface area contributed by atoms with Crippen LogP contribution in [0.3, 0.4) is 0 Å². The first-order valence-electron chi connectivity index (χ1n) is 9.79. The van der Waals surface area contributed by atoms with Crippen LogP contribution in [0.2, 0.25) is 0 Å². The van der Waals surface area contributed by atoms with Crippen molar-refractivity contribution >= 4 is 29.9 Å². The van der Waals surface area contributed by atoms with E-state index in [1.165, 1.54) is 26.4 Å². The van der Waals surface area contributed by atoms with Crippen LogP contribution in [-0.2, 0) is 23.9 Å². The predicted molar refractivity (Wildman–Crippen MR) is 122 cm³/mol. The lowest BCUT2D eigenvalue weighted by Crippen LogP contribution is -2.12. The zero-order chi connectivity index (χ0) is 24.1. The highest BCUT2D eigenvalue weighted by Gasteiger charge is 2.02. The number of methoxy groups -OCH3 is 2. The van der Waals surface area contributed by atoms with E-state index >= 15 is 0 Å². The Bertz CT molecular complexity index is 1030. The molecule has 172 valence electrons. The molecule has 0 aromatic heterocycles. The molecule has 0 heterocycles. The first-order valence-corrected chi connectivity index (χ1v) is 9.79. The third-order valence-corrected chi connectivity index (χ3v) is 4.11. The Morgan fingerprint density at radius 2 is 1.15 bits per heavy atom. The molecule has 0 saturated carbocycles. The minimum Gasteiger partial charge on any atom is -0.508 e. The van der Waals surface area contributed by atoms with E-state index in [1.54, 1.807) is 60.7 Å². The maximum Gasteiger partial charge on any atom is 0.343 e. The van der Waals surface area contributed by atoms with Crippen molar-refractivity contribution in [1.82, 2.24) is 0 Å². The second-order valence-electron chi connectivity index (χ2n) is 6.51. The van der Waals surface area contributed by atoms with Gasteiger partial charge in [0, 0.05) is 6.08 Å². The molecule has 0 radical (unpaired) electrons. The SMILES string of the molecule is COC(=O)COc1ccc(/C=C/C(=O)/C=C(O)/C=C/c2ccc(OCC(=O)OC)cc2)cc1. The maximum atomic E-state index is 12.0. The van der Waals surface area contributed by atoms with Gasteiger partial charge in [0.05, 0.1) is 14.2 Å². The largest absolute Gasteiger partial charge is 0.508 e. The van der Waals surface area contributed by atoms with E-state index in [4.69, 9.17) is 9.47 Å². The van der Waals surface area contributed by atoms with Crippen LogP contribution in [-0.4, -0.2) is 50.3 Å². The standard InChI is InChI=1S/C25H24O8/c1-30-24(28)16-32-22-11-5-18(6-12-22)3-9-20(26)15-21(27)10-4-19-7-13-23(14-8-19)33-17-25(29)31-2/h3-15,26H,16-17H2,1-2H3/b9-3+,10-4+,20-15-. The molecule has 2 aromatic carbocycles. The fraction of sp³-hybridized carbons (Fsp3) is 0.160. The van der Waals surface area contributed by atoms with Crippen LogP contribution in [0, 0.1) is 0 Å². The zero-order valence-corrected chi connectivity index (χ0v) is 18.2. The number of ether oxygens (including phenoxy) is 4. The van der Waals surface area contributed by atoms with Crippen molar-refractivity contribution in [1.29, 1.82) is 0 Å². The van der Waals surface area contributed by atoms with Gasteiger partial charge in [0.2, 0.25) is 0 Å². The minimum absolute atomic E-state index is 0.182. The first kappa shape index (κ1) is 24.9. The van der Waals surface area contributed by atoms with Gasteiger partial charge >= 0.3 is 11.9 Å². The normalized spacial score (nSPS) is 11.4. The number of hydrogen-bond acceptors (Lipinski definition) is 8. The maximum absolute atomic E-state index is 12.0. The van der Waals surface area contributed by atoms with Gasteiger partial charge in [0.15, 0.2) is 19.0 Å². The summed E-state index contributed by atoms with van der Waals surface area (Å²) < 4.78 is 19.5. The molecule has 0 unspecified atom stereocenters. The number of rotatable bonds is 11. The third-order valence-electron chi connectivity index (χ3n) is 4.11. The molecule has 0 atom stereocenters. The molecule has 0 saturated heterocycles. The van der Waals surface area contributed by atoms with Crippen LogP contribution in [0.5, 0.6) is 11.5 Å². The average molecular weight is 452 g/mol. The van der Waals surface area contributed by atoms with E-state index in [-0.39, 0.29) is 19.0 Å². The number of carbonyl (C=O) groups excluding carboxylic acids is 3. The summed E-state index contributed by atoms with van der Waals surface area (Å²) >= 11 is 0. The van der Waals surface area contributed by atoms with Crippen LogP contribution >= 0.6 is 0 Å². The molecular formula is C25H24O8. The van der Waals surface area contributed by atoms with E-state index in [9.17, 15) is 19.5 Å². The molecular weight excluding hydrogens is 428 g/mol. The van der Waals surface area contributed by atoms with Gasteiger partial charge in [0.1, 0.15) is 17.3 Å². The number of aliphatic hydroxyl groups excluding tert-OH is 1. The predicted octanol–water partition coefficient (Wildman–Crippen LogP) is 3.53. The van der Waals surface area contributed by atoms with Crippen LogP contribution in [0.15, 0.2) is 72.5 Å². The summed E-state index contributed by atoms with van der Waals surface area (Å²) in [5, 5.41) is 9.95. The van der Waals surface area contributed by atoms with Crippen LogP contribution in [0.25, 0.3) is 12.2 Å². The van der Waals surface area contributed by atoms with Crippen molar-refractivity contribution in [2.24, 2.45) is 0 Å². The summed E-state index contributed by atoms with van der Waals surface area (Å²) in [6.07, 6.45) is 7.02. The Morgan fingerprint density at radius 1 is 0.727 bits per heavy atom. The van der Waals surface area contributed by atoms with E-state index < -0.39 is 17.7 Å². The summed E-state index contributed by atoms with van der Waals surface area (Å²) in [7, 11) is 2.56. The molecule has 0 fully saturated rings. The Morgan fingerprint density at radius 3 is 1.58 bits per heavy atom. The Balaban J connectivity index is 1.86. The lowest BCUT2D eigenvalue weighted by Gasteiger charge is -2.04. The molecule has 0 spiro atoms. The van der Waals surface area contributed by atoms with Crippen molar-refractivity contribution in [2.45, 2.75) is 0 Å². The molecule has 0 bridgehead atoms. The number of benzene rings is 2. The highest BCUT2D eigenvalue weighted by atomic mass is 16.6. The van der Waals surface area contributed by atoms with Crippen molar-refractivity contribution in [3.05, 3.63) is 83.6 Å². The highest BCUT2D eigenvalue weighted by Crippen LogP contribution is 2.15. The fourth-order valence-corrected chi connectivity index (χ4v) is 2.35. The van der Waals surface area contributed by atoms with E-state index in [2.05, 4.69) is 9.47 Å². The van der Waals surface area contributed by atoms with Crippen LogP contribution in [0.1, 0.15) is 11.1 Å². The topological polar surface area (TPSA) is 108 Å². The van der Waals surface area contributed by atoms with Gasteiger partial charge in [-0.25, -0.2) is 9.59 Å². The summed E-state index contributed by atoms with van der Waals surface area (Å²) in [6.45, 7) is -0.368. The van der Waals surface area contributed by atoms with Gasteiger partial charge in [-0.1, -0.05) is 36.4 Å². The van der Waals surface area contributed by atoms with Crippen molar-refractivity contribution < 1.29 is 38.4 Å². The molecule has 1 N–H and O–H groups in total. The number of ketones is 1. The molecule has 0 aliphatic rings. The van der Waals surface area contributed by atoms with E-state index in [0.29, 0.717) is 11.5 Å². The van der Waals surface area contributed by atoms with Crippen molar-refractivity contribution in [2.75, 3.05) is 27.4 Å². The van der Waals surface area contributed by atoms with E-state index in [1.807, 2.05) is 0 Å². The fourth-order valence-electron chi connectivity index (χ4n) is 2.35. The van der Waals surface area contributed by atoms with Gasteiger partial charge in [0.25, 0.3) is 0 Å². The van der Waals surface area contributed by atoms with Crippen molar-refractivity contribution in [3.8, 4) is 11.5 Å². The van der Waals surface area contributed by atoms with Crippen molar-refractivity contribution in [3.63, 3.8) is 0 Å². The quantitative estimate of drug-likeness (QED) is 0.239. The second-order valence-corrected chi connectivity index (χ2v) is 6.51. The van der Waals surface area contributed by atoms with Gasteiger partial charge in [-0.05, 0) is 47.5 Å². The monoisotopic (exact) mass is 452 g/mol. The molecule has 33 heavy (non-hydrogen) atoms.